The first-order valence-electron chi connectivity index (χ1n) is 3.98. The summed E-state index contributed by atoms with van der Waals surface area (Å²) in [5.41, 5.74) is 1.42. The molecule has 0 bridgehead atoms. The van der Waals surface area contributed by atoms with Gasteiger partial charge >= 0.3 is 0 Å². The van der Waals surface area contributed by atoms with Crippen LogP contribution in [0.1, 0.15) is 5.56 Å². The first kappa shape index (κ1) is 10.7. The summed E-state index contributed by atoms with van der Waals surface area (Å²) in [7, 11) is 1.36. The third-order valence-electron chi connectivity index (χ3n) is 1.93. The van der Waals surface area contributed by atoms with Gasteiger partial charge in [0, 0.05) is 16.9 Å². The van der Waals surface area contributed by atoms with E-state index >= 15 is 0 Å². The van der Waals surface area contributed by atoms with E-state index in [-0.39, 0.29) is 10.2 Å². The van der Waals surface area contributed by atoms with Crippen LogP contribution < -0.4 is 0 Å². The molecule has 0 aromatic carbocycles. The number of halogens is 2. The quantitative estimate of drug-likeness (QED) is 0.743. The van der Waals surface area contributed by atoms with Gasteiger partial charge in [0.1, 0.15) is 5.65 Å². The van der Waals surface area contributed by atoms with E-state index in [0.717, 1.165) is 5.56 Å². The normalized spacial score (nSPS) is 12.2. The molecule has 2 rings (SSSR count). The van der Waals surface area contributed by atoms with Gasteiger partial charge in [0.05, 0.1) is 0 Å². The fourth-order valence-electron chi connectivity index (χ4n) is 1.31. The molecule has 0 saturated heterocycles. The van der Waals surface area contributed by atoms with Crippen molar-refractivity contribution in [2.45, 2.75) is 11.9 Å². The molecule has 0 aliphatic carbocycles. The highest BCUT2D eigenvalue weighted by Crippen LogP contribution is 2.25. The number of imidazole rings is 1. The van der Waals surface area contributed by atoms with E-state index in [2.05, 4.69) is 4.98 Å². The Morgan fingerprint density at radius 3 is 2.73 bits per heavy atom. The summed E-state index contributed by atoms with van der Waals surface area (Å²) < 4.78 is 23.8. The second-order valence-electron chi connectivity index (χ2n) is 3.08. The molecule has 0 unspecified atom stereocenters. The van der Waals surface area contributed by atoms with Gasteiger partial charge in [0.15, 0.2) is 10.2 Å². The Morgan fingerprint density at radius 1 is 1.47 bits per heavy atom. The van der Waals surface area contributed by atoms with Crippen LogP contribution in [0, 0.1) is 6.92 Å². The van der Waals surface area contributed by atoms with Gasteiger partial charge in [0.25, 0.3) is 9.05 Å². The van der Waals surface area contributed by atoms with Gasteiger partial charge in [-0.15, -0.1) is 0 Å². The van der Waals surface area contributed by atoms with Gasteiger partial charge < -0.3 is 0 Å². The van der Waals surface area contributed by atoms with Crippen LogP contribution in [0.25, 0.3) is 5.65 Å². The smallest absolute Gasteiger partial charge is 0.280 e. The van der Waals surface area contributed by atoms with Crippen molar-refractivity contribution >= 4 is 37.0 Å². The van der Waals surface area contributed by atoms with Crippen molar-refractivity contribution in [1.82, 2.24) is 9.38 Å². The number of fused-ring (bicyclic) bond motifs is 1. The molecule has 4 nitrogen and oxygen atoms in total. The van der Waals surface area contributed by atoms with Crippen LogP contribution in [0.5, 0.6) is 0 Å². The topological polar surface area (TPSA) is 51.4 Å². The SMILES string of the molecule is Cc1ccn2c(S(=O)(=O)Cl)c(Cl)nc2c1. The summed E-state index contributed by atoms with van der Waals surface area (Å²) in [5.74, 6) is 0. The molecule has 7 heteroatoms. The van der Waals surface area contributed by atoms with E-state index in [9.17, 15) is 8.42 Å². The maximum Gasteiger partial charge on any atom is 0.280 e. The lowest BCUT2D eigenvalue weighted by atomic mass is 10.3. The minimum absolute atomic E-state index is 0.115. The molecule has 0 aliphatic rings. The third-order valence-corrected chi connectivity index (χ3v) is 3.60. The van der Waals surface area contributed by atoms with Crippen LogP contribution in [0.2, 0.25) is 5.15 Å². The summed E-state index contributed by atoms with van der Waals surface area (Å²) in [6.45, 7) is 1.87. The van der Waals surface area contributed by atoms with Gasteiger partial charge in [-0.2, -0.15) is 0 Å². The Balaban J connectivity index is 2.92. The largest absolute Gasteiger partial charge is 0.288 e. The minimum atomic E-state index is -3.89. The summed E-state index contributed by atoms with van der Waals surface area (Å²) in [5, 5.41) is -0.309. The molecule has 2 aromatic heterocycles. The third kappa shape index (κ3) is 1.82. The average molecular weight is 265 g/mol. The lowest BCUT2D eigenvalue weighted by molar-refractivity contribution is 0.605. The second kappa shape index (κ2) is 3.37. The van der Waals surface area contributed by atoms with Crippen molar-refractivity contribution in [2.75, 3.05) is 0 Å². The van der Waals surface area contributed by atoms with Crippen molar-refractivity contribution in [3.8, 4) is 0 Å². The average Bonchev–Trinajstić information content (AvgIpc) is 2.38. The van der Waals surface area contributed by atoms with Crippen molar-refractivity contribution in [1.29, 1.82) is 0 Å². The van der Waals surface area contributed by atoms with E-state index in [0.29, 0.717) is 5.65 Å². The fourth-order valence-corrected chi connectivity index (χ4v) is 2.99. The fraction of sp³-hybridized carbons (Fsp3) is 0.125. The van der Waals surface area contributed by atoms with Gasteiger partial charge in [-0.05, 0) is 24.6 Å². The molecule has 0 N–H and O–H groups in total. The van der Waals surface area contributed by atoms with Crippen LogP contribution in [0.4, 0.5) is 0 Å². The zero-order valence-electron chi connectivity index (χ0n) is 7.61. The number of pyridine rings is 1. The van der Waals surface area contributed by atoms with Gasteiger partial charge in [-0.3, -0.25) is 4.40 Å². The molecular weight excluding hydrogens is 259 g/mol. The monoisotopic (exact) mass is 264 g/mol. The van der Waals surface area contributed by atoms with Crippen molar-refractivity contribution < 1.29 is 8.42 Å². The zero-order valence-corrected chi connectivity index (χ0v) is 9.94. The van der Waals surface area contributed by atoms with Gasteiger partial charge in [-0.1, -0.05) is 11.6 Å². The van der Waals surface area contributed by atoms with E-state index in [1.165, 1.54) is 4.40 Å². The molecule has 2 aromatic rings. The highest BCUT2D eigenvalue weighted by atomic mass is 35.7. The molecule has 15 heavy (non-hydrogen) atoms. The number of nitrogens with zero attached hydrogens (tertiary/aromatic N) is 2. The lowest BCUT2D eigenvalue weighted by Gasteiger charge is -1.98. The maximum atomic E-state index is 11.2. The molecule has 0 atom stereocenters. The lowest BCUT2D eigenvalue weighted by Crippen LogP contribution is -1.97. The van der Waals surface area contributed by atoms with Crippen molar-refractivity contribution in [2.24, 2.45) is 0 Å². The maximum absolute atomic E-state index is 11.2. The molecule has 0 amide bonds. The summed E-state index contributed by atoms with van der Waals surface area (Å²) in [4.78, 5) is 3.91. The predicted octanol–water partition coefficient (Wildman–Crippen LogP) is 2.22. The van der Waals surface area contributed by atoms with Gasteiger partial charge in [0.2, 0.25) is 0 Å². The molecule has 0 saturated carbocycles. The van der Waals surface area contributed by atoms with E-state index < -0.39 is 9.05 Å². The summed E-state index contributed by atoms with van der Waals surface area (Å²) in [6.07, 6.45) is 1.57. The zero-order chi connectivity index (χ0) is 11.2. The molecule has 0 spiro atoms. The highest BCUT2D eigenvalue weighted by molar-refractivity contribution is 8.13. The van der Waals surface area contributed by atoms with E-state index in [4.69, 9.17) is 22.3 Å². The first-order chi connectivity index (χ1) is 6.89. The second-order valence-corrected chi connectivity index (χ2v) is 5.92. The van der Waals surface area contributed by atoms with E-state index in [1.54, 1.807) is 18.3 Å². The first-order valence-corrected chi connectivity index (χ1v) is 6.67. The summed E-state index contributed by atoms with van der Waals surface area (Å²) >= 11 is 5.71. The number of aryl methyl sites for hydroxylation is 1. The number of rotatable bonds is 1. The van der Waals surface area contributed by atoms with Crippen molar-refractivity contribution in [3.05, 3.63) is 29.0 Å². The van der Waals surface area contributed by atoms with Crippen LogP contribution in [-0.2, 0) is 9.05 Å². The molecular formula is C8H6Cl2N2O2S. The molecule has 80 valence electrons. The molecule has 0 radical (unpaired) electrons. The Kier molecular flexibility index (Phi) is 2.41. The standard InChI is InChI=1S/C8H6Cl2N2O2S/c1-5-2-3-12-6(4-5)11-7(9)8(12)15(10,13)14/h2-4H,1H3. The number of hydrogen-bond donors (Lipinski definition) is 0. The Morgan fingerprint density at radius 2 is 2.13 bits per heavy atom. The van der Waals surface area contributed by atoms with Crippen LogP contribution in [-0.4, -0.2) is 17.8 Å². The van der Waals surface area contributed by atoms with Crippen LogP contribution in [0.3, 0.4) is 0 Å². The Labute approximate surface area is 95.9 Å². The predicted molar refractivity (Wildman–Crippen MR) is 58.0 cm³/mol. The minimum Gasteiger partial charge on any atom is -0.288 e. The Hall–Kier alpha value is -0.780. The highest BCUT2D eigenvalue weighted by Gasteiger charge is 2.21. The van der Waals surface area contributed by atoms with E-state index in [1.807, 2.05) is 6.92 Å². The Bertz CT molecular complexity index is 633. The van der Waals surface area contributed by atoms with Gasteiger partial charge in [-0.25, -0.2) is 13.4 Å². The van der Waals surface area contributed by atoms with Crippen LogP contribution >= 0.6 is 22.3 Å². The number of aromatic nitrogens is 2. The van der Waals surface area contributed by atoms with Crippen molar-refractivity contribution in [3.63, 3.8) is 0 Å². The summed E-state index contributed by atoms with van der Waals surface area (Å²) in [6, 6.07) is 3.47. The molecule has 0 aliphatic heterocycles. The molecule has 2 heterocycles. The van der Waals surface area contributed by atoms with Crippen LogP contribution in [0.15, 0.2) is 23.4 Å². The molecule has 0 fully saturated rings. The number of hydrogen-bond acceptors (Lipinski definition) is 3.